The number of nitrogens with one attached hydrogen (secondary N) is 1. The second kappa shape index (κ2) is 4.24. The number of carbonyl (C=O) groups is 2. The lowest BCUT2D eigenvalue weighted by atomic mass is 9.95. The maximum atomic E-state index is 12.8. The molecule has 3 fully saturated rings. The normalized spacial score (nSPS) is 34.8. The van der Waals surface area contributed by atoms with Crippen molar-refractivity contribution in [3.8, 4) is 5.75 Å². The molecule has 4 rings (SSSR count). The molecule has 1 saturated carbocycles. The first-order valence-electron chi connectivity index (χ1n) is 7.70. The number of piperazine rings is 1. The minimum atomic E-state index is -0.574. The van der Waals surface area contributed by atoms with E-state index in [0.29, 0.717) is 18.4 Å². The summed E-state index contributed by atoms with van der Waals surface area (Å²) in [4.78, 5) is 27.1. The molecule has 2 heterocycles. The van der Waals surface area contributed by atoms with Gasteiger partial charge < -0.3 is 15.0 Å². The minimum Gasteiger partial charge on any atom is -0.497 e. The Kier molecular flexibility index (Phi) is 2.63. The second-order valence-corrected chi connectivity index (χ2v) is 7.10. The summed E-state index contributed by atoms with van der Waals surface area (Å²) in [5.41, 5.74) is 0.989. The number of methoxy groups -OCH3 is 1. The number of fused-ring (bicyclic) bond motifs is 3. The zero-order valence-corrected chi connectivity index (χ0v) is 13.0. The van der Waals surface area contributed by atoms with Crippen LogP contribution >= 0.6 is 0 Å². The fraction of sp³-hybridized carbons (Fsp3) is 0.529. The molecule has 5 heteroatoms. The Balaban J connectivity index is 1.60. The van der Waals surface area contributed by atoms with Crippen molar-refractivity contribution in [3.05, 3.63) is 29.8 Å². The average molecular weight is 300 g/mol. The van der Waals surface area contributed by atoms with Crippen molar-refractivity contribution in [2.45, 2.75) is 25.9 Å². The molecule has 1 aromatic carbocycles. The van der Waals surface area contributed by atoms with E-state index in [-0.39, 0.29) is 23.3 Å². The Morgan fingerprint density at radius 3 is 2.55 bits per heavy atom. The van der Waals surface area contributed by atoms with E-state index in [1.54, 1.807) is 12.0 Å². The average Bonchev–Trinajstić information content (AvgIpc) is 2.89. The summed E-state index contributed by atoms with van der Waals surface area (Å²) in [7, 11) is 1.60. The van der Waals surface area contributed by atoms with Crippen LogP contribution in [-0.4, -0.2) is 36.4 Å². The van der Waals surface area contributed by atoms with Crippen molar-refractivity contribution in [3.63, 3.8) is 0 Å². The van der Waals surface area contributed by atoms with Gasteiger partial charge in [-0.3, -0.25) is 9.59 Å². The molecule has 2 aliphatic heterocycles. The summed E-state index contributed by atoms with van der Waals surface area (Å²) in [5.74, 6) is 1.51. The topological polar surface area (TPSA) is 58.6 Å². The van der Waals surface area contributed by atoms with Crippen molar-refractivity contribution in [2.75, 3.05) is 13.7 Å². The number of rotatable bonds is 2. The van der Waals surface area contributed by atoms with E-state index < -0.39 is 6.04 Å². The van der Waals surface area contributed by atoms with Crippen molar-refractivity contribution in [1.82, 2.24) is 10.2 Å². The van der Waals surface area contributed by atoms with E-state index in [1.807, 2.05) is 24.3 Å². The molecule has 4 atom stereocenters. The molecular formula is C17H20N2O3. The highest BCUT2D eigenvalue weighted by Crippen LogP contribution is 2.65. The van der Waals surface area contributed by atoms with E-state index in [4.69, 9.17) is 4.74 Å². The Morgan fingerprint density at radius 2 is 1.91 bits per heavy atom. The van der Waals surface area contributed by atoms with Crippen LogP contribution in [0.25, 0.3) is 0 Å². The molecule has 4 unspecified atom stereocenters. The predicted molar refractivity (Wildman–Crippen MR) is 80.1 cm³/mol. The van der Waals surface area contributed by atoms with E-state index in [2.05, 4.69) is 19.2 Å². The number of hydrogen-bond acceptors (Lipinski definition) is 3. The Labute approximate surface area is 129 Å². The summed E-state index contributed by atoms with van der Waals surface area (Å²) >= 11 is 0. The SMILES string of the molecule is COc1ccc(C2NC(=O)C3C4C(CN3C2=O)C4(C)C)cc1. The second-order valence-electron chi connectivity index (χ2n) is 7.10. The van der Waals surface area contributed by atoms with Crippen LogP contribution in [0.1, 0.15) is 25.5 Å². The molecule has 116 valence electrons. The molecule has 0 aromatic heterocycles. The number of piperidine rings is 1. The molecule has 2 amide bonds. The van der Waals surface area contributed by atoms with E-state index >= 15 is 0 Å². The standard InChI is InChI=1S/C17H20N2O3/c1-17(2)11-8-19-14(12(11)17)15(20)18-13(16(19)21)9-4-6-10(22-3)7-5-9/h4-7,11-14H,8H2,1-3H3,(H,18,20). The third-order valence-electron chi connectivity index (χ3n) is 5.74. The van der Waals surface area contributed by atoms with Gasteiger partial charge in [-0.1, -0.05) is 26.0 Å². The molecule has 3 aliphatic rings. The fourth-order valence-corrected chi connectivity index (χ4v) is 4.29. The van der Waals surface area contributed by atoms with E-state index in [1.165, 1.54) is 0 Å². The zero-order chi connectivity index (χ0) is 15.6. The lowest BCUT2D eigenvalue weighted by Gasteiger charge is -2.38. The molecule has 0 radical (unpaired) electrons. The highest BCUT2D eigenvalue weighted by atomic mass is 16.5. The Hall–Kier alpha value is -2.04. The van der Waals surface area contributed by atoms with Gasteiger partial charge >= 0.3 is 0 Å². The van der Waals surface area contributed by atoms with Crippen LogP contribution in [0.3, 0.4) is 0 Å². The van der Waals surface area contributed by atoms with Crippen LogP contribution in [0.4, 0.5) is 0 Å². The summed E-state index contributed by atoms with van der Waals surface area (Å²) in [6.07, 6.45) is 0. The highest BCUT2D eigenvalue weighted by molar-refractivity contribution is 5.98. The van der Waals surface area contributed by atoms with Crippen LogP contribution in [0.15, 0.2) is 24.3 Å². The monoisotopic (exact) mass is 300 g/mol. The largest absolute Gasteiger partial charge is 0.497 e. The Morgan fingerprint density at radius 1 is 1.23 bits per heavy atom. The zero-order valence-electron chi connectivity index (χ0n) is 13.0. The van der Waals surface area contributed by atoms with Gasteiger partial charge in [-0.2, -0.15) is 0 Å². The Bertz CT molecular complexity index is 652. The first-order chi connectivity index (χ1) is 10.4. The van der Waals surface area contributed by atoms with E-state index in [0.717, 1.165) is 11.3 Å². The maximum Gasteiger partial charge on any atom is 0.250 e. The third-order valence-corrected chi connectivity index (χ3v) is 5.74. The van der Waals surface area contributed by atoms with Crippen LogP contribution in [0, 0.1) is 17.3 Å². The van der Waals surface area contributed by atoms with Crippen LogP contribution in [0.2, 0.25) is 0 Å². The lowest BCUT2D eigenvalue weighted by molar-refractivity contribution is -0.149. The molecule has 2 saturated heterocycles. The van der Waals surface area contributed by atoms with Crippen LogP contribution < -0.4 is 10.1 Å². The minimum absolute atomic E-state index is 0.0118. The van der Waals surface area contributed by atoms with Gasteiger partial charge in [0.25, 0.3) is 5.91 Å². The van der Waals surface area contributed by atoms with Crippen molar-refractivity contribution < 1.29 is 14.3 Å². The van der Waals surface area contributed by atoms with E-state index in [9.17, 15) is 9.59 Å². The first-order valence-corrected chi connectivity index (χ1v) is 7.70. The van der Waals surface area contributed by atoms with Gasteiger partial charge in [-0.25, -0.2) is 0 Å². The summed E-state index contributed by atoms with van der Waals surface area (Å²) < 4.78 is 5.13. The smallest absolute Gasteiger partial charge is 0.250 e. The molecule has 1 N–H and O–H groups in total. The number of nitrogens with zero attached hydrogens (tertiary/aromatic N) is 1. The van der Waals surface area contributed by atoms with Crippen LogP contribution in [0.5, 0.6) is 5.75 Å². The summed E-state index contributed by atoms with van der Waals surface area (Å²) in [6, 6.07) is 6.44. The number of hydrogen-bond donors (Lipinski definition) is 1. The first kappa shape index (κ1) is 13.6. The highest BCUT2D eigenvalue weighted by Gasteiger charge is 2.70. The quantitative estimate of drug-likeness (QED) is 0.897. The van der Waals surface area contributed by atoms with Crippen LogP contribution in [-0.2, 0) is 9.59 Å². The van der Waals surface area contributed by atoms with Crippen molar-refractivity contribution >= 4 is 11.8 Å². The molecule has 1 aromatic rings. The number of carbonyl (C=O) groups excluding carboxylic acids is 2. The number of amides is 2. The molecule has 0 bridgehead atoms. The molecule has 22 heavy (non-hydrogen) atoms. The van der Waals surface area contributed by atoms with Gasteiger partial charge in [0.15, 0.2) is 0 Å². The lowest BCUT2D eigenvalue weighted by Crippen LogP contribution is -2.59. The molecule has 1 aliphatic carbocycles. The van der Waals surface area contributed by atoms with Crippen molar-refractivity contribution in [1.29, 1.82) is 0 Å². The maximum absolute atomic E-state index is 12.8. The molecule has 0 spiro atoms. The van der Waals surface area contributed by atoms with Gasteiger partial charge in [0.2, 0.25) is 5.91 Å². The summed E-state index contributed by atoms with van der Waals surface area (Å²) in [5, 5.41) is 2.92. The molecule has 5 nitrogen and oxygen atoms in total. The van der Waals surface area contributed by atoms with Gasteiger partial charge in [0.05, 0.1) is 7.11 Å². The van der Waals surface area contributed by atoms with Crippen molar-refractivity contribution in [2.24, 2.45) is 17.3 Å². The fourth-order valence-electron chi connectivity index (χ4n) is 4.29. The third kappa shape index (κ3) is 1.65. The molecular weight excluding hydrogens is 280 g/mol. The predicted octanol–water partition coefficient (Wildman–Crippen LogP) is 1.35. The van der Waals surface area contributed by atoms with Gasteiger partial charge in [-0.15, -0.1) is 0 Å². The number of benzene rings is 1. The van der Waals surface area contributed by atoms with Gasteiger partial charge in [0.1, 0.15) is 17.8 Å². The number of ether oxygens (including phenoxy) is 1. The van der Waals surface area contributed by atoms with Gasteiger partial charge in [-0.05, 0) is 34.9 Å². The summed E-state index contributed by atoms with van der Waals surface area (Å²) in [6.45, 7) is 5.08. The van der Waals surface area contributed by atoms with Gasteiger partial charge in [0, 0.05) is 6.54 Å².